The average Bonchev–Trinajstić information content (AvgIpc) is 2.79. The van der Waals surface area contributed by atoms with E-state index in [4.69, 9.17) is 11.6 Å². The van der Waals surface area contributed by atoms with Gasteiger partial charge in [0.2, 0.25) is 11.8 Å². The van der Waals surface area contributed by atoms with E-state index in [0.29, 0.717) is 38.4 Å². The minimum Gasteiger partial charge on any atom is -0.356 e. The van der Waals surface area contributed by atoms with Crippen molar-refractivity contribution < 1.29 is 9.59 Å². The molecule has 1 saturated heterocycles. The molecule has 0 aromatic heterocycles. The van der Waals surface area contributed by atoms with Crippen molar-refractivity contribution in [1.29, 1.82) is 0 Å². The Morgan fingerprint density at radius 2 is 2.10 bits per heavy atom. The summed E-state index contributed by atoms with van der Waals surface area (Å²) in [7, 11) is 0. The quantitative estimate of drug-likeness (QED) is 0.813. The first-order valence-corrected chi connectivity index (χ1v) is 7.37. The molecule has 1 N–H and O–H groups in total. The second kappa shape index (κ2) is 7.29. The molecule has 4 nitrogen and oxygen atoms in total. The molecule has 0 radical (unpaired) electrons. The highest BCUT2D eigenvalue weighted by Crippen LogP contribution is 2.19. The predicted molar refractivity (Wildman–Crippen MR) is 78.3 cm³/mol. The van der Waals surface area contributed by atoms with Gasteiger partial charge in [-0.25, -0.2) is 0 Å². The fourth-order valence-corrected chi connectivity index (χ4v) is 2.55. The van der Waals surface area contributed by atoms with Gasteiger partial charge in [0.1, 0.15) is 0 Å². The lowest BCUT2D eigenvalue weighted by Crippen LogP contribution is -2.31. The molecule has 1 fully saturated rings. The Hall–Kier alpha value is -1.55. The Kier molecular flexibility index (Phi) is 5.41. The smallest absolute Gasteiger partial charge is 0.223 e. The number of likely N-dealkylation sites (tertiary alicyclic amines) is 1. The Balaban J connectivity index is 1.80. The molecule has 0 spiro atoms. The van der Waals surface area contributed by atoms with Crippen LogP contribution in [0.3, 0.4) is 0 Å². The largest absolute Gasteiger partial charge is 0.356 e. The topological polar surface area (TPSA) is 49.4 Å². The van der Waals surface area contributed by atoms with Crippen molar-refractivity contribution in [2.75, 3.05) is 19.0 Å². The molecule has 1 atom stereocenters. The van der Waals surface area contributed by atoms with Crippen molar-refractivity contribution in [2.45, 2.75) is 19.4 Å². The fraction of sp³-hybridized carbons (Fsp3) is 0.467. The van der Waals surface area contributed by atoms with Gasteiger partial charge in [-0.3, -0.25) is 9.59 Å². The fourth-order valence-electron chi connectivity index (χ4n) is 2.38. The number of nitrogens with one attached hydrogen (secondary N) is 1. The number of carbonyl (C=O) groups excluding carboxylic acids is 2. The van der Waals surface area contributed by atoms with Crippen LogP contribution in [-0.4, -0.2) is 35.7 Å². The van der Waals surface area contributed by atoms with Crippen LogP contribution in [0.5, 0.6) is 0 Å². The molecule has 1 aromatic rings. The van der Waals surface area contributed by atoms with Crippen LogP contribution in [0.2, 0.25) is 0 Å². The lowest BCUT2D eigenvalue weighted by molar-refractivity contribution is -0.128. The van der Waals surface area contributed by atoms with E-state index in [1.807, 2.05) is 35.2 Å². The second-order valence-electron chi connectivity index (χ2n) is 5.07. The van der Waals surface area contributed by atoms with Gasteiger partial charge >= 0.3 is 0 Å². The Morgan fingerprint density at radius 1 is 1.35 bits per heavy atom. The molecule has 5 heteroatoms. The number of halogens is 1. The van der Waals surface area contributed by atoms with Crippen LogP contribution in [0.4, 0.5) is 0 Å². The van der Waals surface area contributed by atoms with Crippen LogP contribution >= 0.6 is 11.6 Å². The van der Waals surface area contributed by atoms with Gasteiger partial charge < -0.3 is 10.2 Å². The van der Waals surface area contributed by atoms with Crippen molar-refractivity contribution in [3.05, 3.63) is 35.9 Å². The van der Waals surface area contributed by atoms with Gasteiger partial charge in [0, 0.05) is 44.3 Å². The number of rotatable bonds is 6. The van der Waals surface area contributed by atoms with Crippen LogP contribution in [0.25, 0.3) is 0 Å². The van der Waals surface area contributed by atoms with Crippen molar-refractivity contribution in [2.24, 2.45) is 5.92 Å². The zero-order chi connectivity index (χ0) is 14.4. The number of amides is 2. The second-order valence-corrected chi connectivity index (χ2v) is 5.45. The lowest BCUT2D eigenvalue weighted by Gasteiger charge is -2.17. The number of benzene rings is 1. The highest BCUT2D eigenvalue weighted by atomic mass is 35.5. The normalized spacial score (nSPS) is 18.4. The van der Waals surface area contributed by atoms with Crippen LogP contribution in [-0.2, 0) is 16.1 Å². The first-order chi connectivity index (χ1) is 9.69. The maximum atomic E-state index is 12.0. The van der Waals surface area contributed by atoms with E-state index >= 15 is 0 Å². The highest BCUT2D eigenvalue weighted by molar-refractivity contribution is 6.18. The summed E-state index contributed by atoms with van der Waals surface area (Å²) in [5, 5.41) is 2.83. The molecule has 0 aliphatic carbocycles. The van der Waals surface area contributed by atoms with E-state index in [2.05, 4.69) is 5.32 Å². The molecular formula is C15H19ClN2O2. The van der Waals surface area contributed by atoms with Crippen LogP contribution in [0.1, 0.15) is 18.4 Å². The average molecular weight is 295 g/mol. The summed E-state index contributed by atoms with van der Waals surface area (Å²) < 4.78 is 0. The zero-order valence-electron chi connectivity index (χ0n) is 11.3. The van der Waals surface area contributed by atoms with E-state index in [1.54, 1.807) is 0 Å². The van der Waals surface area contributed by atoms with Gasteiger partial charge in [-0.1, -0.05) is 30.3 Å². The monoisotopic (exact) mass is 294 g/mol. The molecule has 0 saturated carbocycles. The van der Waals surface area contributed by atoms with Crippen LogP contribution < -0.4 is 5.32 Å². The van der Waals surface area contributed by atoms with Crippen LogP contribution in [0.15, 0.2) is 30.3 Å². The van der Waals surface area contributed by atoms with E-state index in [1.165, 1.54) is 0 Å². The number of alkyl halides is 1. The van der Waals surface area contributed by atoms with E-state index in [0.717, 1.165) is 5.56 Å². The summed E-state index contributed by atoms with van der Waals surface area (Å²) in [6.07, 6.45) is 0.837. The van der Waals surface area contributed by atoms with Crippen molar-refractivity contribution in [1.82, 2.24) is 10.2 Å². The van der Waals surface area contributed by atoms with Crippen molar-refractivity contribution >= 4 is 23.4 Å². The number of carbonyl (C=O) groups is 2. The first kappa shape index (κ1) is 14.9. The van der Waals surface area contributed by atoms with Gasteiger partial charge in [-0.05, 0) is 5.56 Å². The zero-order valence-corrected chi connectivity index (χ0v) is 12.1. The van der Waals surface area contributed by atoms with Crippen molar-refractivity contribution in [3.8, 4) is 0 Å². The third kappa shape index (κ3) is 4.23. The molecule has 1 unspecified atom stereocenters. The van der Waals surface area contributed by atoms with Gasteiger partial charge in [0.25, 0.3) is 0 Å². The Labute approximate surface area is 124 Å². The molecule has 20 heavy (non-hydrogen) atoms. The van der Waals surface area contributed by atoms with Gasteiger partial charge in [0.05, 0.1) is 0 Å². The Bertz CT molecular complexity index is 464. The number of nitrogens with zero attached hydrogens (tertiary/aromatic N) is 1. The van der Waals surface area contributed by atoms with E-state index < -0.39 is 0 Å². The molecule has 0 bridgehead atoms. The summed E-state index contributed by atoms with van der Waals surface area (Å²) in [5.74, 6) is 0.639. The summed E-state index contributed by atoms with van der Waals surface area (Å²) in [5.41, 5.74) is 1.13. The predicted octanol–water partition coefficient (Wildman–Crippen LogP) is 1.78. The summed E-state index contributed by atoms with van der Waals surface area (Å²) in [4.78, 5) is 25.2. The molecule has 2 rings (SSSR count). The highest BCUT2D eigenvalue weighted by Gasteiger charge is 2.29. The first-order valence-electron chi connectivity index (χ1n) is 6.83. The minimum absolute atomic E-state index is 0.0473. The van der Waals surface area contributed by atoms with E-state index in [9.17, 15) is 9.59 Å². The molecular weight excluding hydrogens is 276 g/mol. The third-order valence-corrected chi connectivity index (χ3v) is 3.61. The van der Waals surface area contributed by atoms with Crippen LogP contribution in [0, 0.1) is 5.92 Å². The maximum absolute atomic E-state index is 12.0. The summed E-state index contributed by atoms with van der Waals surface area (Å²) in [6.45, 7) is 1.90. The van der Waals surface area contributed by atoms with Gasteiger partial charge in [0.15, 0.2) is 0 Å². The standard InChI is InChI=1S/C15H19ClN2O2/c16-7-6-14(19)17-9-13-8-15(20)18(11-13)10-12-4-2-1-3-5-12/h1-5,13H,6-11H2,(H,17,19). The van der Waals surface area contributed by atoms with E-state index in [-0.39, 0.29) is 17.7 Å². The SMILES string of the molecule is O=C(CCCl)NCC1CC(=O)N(Cc2ccccc2)C1. The van der Waals surface area contributed by atoms with Gasteiger partial charge in [-0.15, -0.1) is 11.6 Å². The number of hydrogen-bond acceptors (Lipinski definition) is 2. The third-order valence-electron chi connectivity index (χ3n) is 3.42. The maximum Gasteiger partial charge on any atom is 0.223 e. The molecule has 1 aromatic carbocycles. The lowest BCUT2D eigenvalue weighted by atomic mass is 10.1. The van der Waals surface area contributed by atoms with Gasteiger partial charge in [-0.2, -0.15) is 0 Å². The molecule has 1 heterocycles. The molecule has 1 aliphatic heterocycles. The molecule has 1 aliphatic rings. The Morgan fingerprint density at radius 3 is 2.80 bits per heavy atom. The molecule has 108 valence electrons. The molecule has 2 amide bonds. The minimum atomic E-state index is -0.0473. The summed E-state index contributed by atoms with van der Waals surface area (Å²) in [6, 6.07) is 9.94. The summed E-state index contributed by atoms with van der Waals surface area (Å²) >= 11 is 5.51. The van der Waals surface area contributed by atoms with Crippen molar-refractivity contribution in [3.63, 3.8) is 0 Å². The number of hydrogen-bond donors (Lipinski definition) is 1.